The van der Waals surface area contributed by atoms with Crippen molar-refractivity contribution in [2.24, 2.45) is 5.73 Å². The minimum absolute atomic E-state index is 0.0562. The highest BCUT2D eigenvalue weighted by molar-refractivity contribution is 5.28. The second kappa shape index (κ2) is 5.31. The molecule has 0 amide bonds. The Morgan fingerprint density at radius 1 is 1.29 bits per heavy atom. The monoisotopic (exact) mass is 255 g/mol. The van der Waals surface area contributed by atoms with Gasteiger partial charge in [0.1, 0.15) is 11.6 Å². The lowest BCUT2D eigenvalue weighted by molar-refractivity contribution is -0.148. The number of rotatable bonds is 5. The van der Waals surface area contributed by atoms with Crippen molar-refractivity contribution < 1.29 is 26.7 Å². The predicted molar refractivity (Wildman–Crippen MR) is 50.7 cm³/mol. The first-order chi connectivity index (χ1) is 7.86. The van der Waals surface area contributed by atoms with Gasteiger partial charge in [-0.25, -0.2) is 13.2 Å². The van der Waals surface area contributed by atoms with Gasteiger partial charge in [0.05, 0.1) is 0 Å². The molecule has 0 bridgehead atoms. The molecule has 0 aliphatic heterocycles. The van der Waals surface area contributed by atoms with Crippen LogP contribution in [0.3, 0.4) is 0 Å². The largest absolute Gasteiger partial charge is 0.487 e. The fourth-order valence-electron chi connectivity index (χ4n) is 1.03. The van der Waals surface area contributed by atoms with E-state index in [-0.39, 0.29) is 17.9 Å². The van der Waals surface area contributed by atoms with Gasteiger partial charge in [-0.05, 0) is 6.07 Å². The Bertz CT molecular complexity index is 383. The van der Waals surface area contributed by atoms with Gasteiger partial charge in [-0.1, -0.05) is 6.07 Å². The molecular formula is C10H10F5NO. The molecule has 7 heteroatoms. The van der Waals surface area contributed by atoms with Crippen LogP contribution in [0.25, 0.3) is 0 Å². The molecule has 0 aliphatic rings. The van der Waals surface area contributed by atoms with Crippen LogP contribution < -0.4 is 10.5 Å². The molecule has 1 aromatic carbocycles. The zero-order valence-corrected chi connectivity index (χ0v) is 8.60. The van der Waals surface area contributed by atoms with Crippen LogP contribution in [0.2, 0.25) is 0 Å². The van der Waals surface area contributed by atoms with Crippen LogP contribution in [-0.4, -0.2) is 19.0 Å². The summed E-state index contributed by atoms with van der Waals surface area (Å²) in [6.07, 6.45) is -3.82. The summed E-state index contributed by atoms with van der Waals surface area (Å²) in [5.74, 6) is -5.24. The Labute approximate surface area is 94.2 Å². The smallest absolute Gasteiger partial charge is 0.340 e. The van der Waals surface area contributed by atoms with E-state index in [0.717, 1.165) is 6.07 Å². The summed E-state index contributed by atoms with van der Waals surface area (Å²) in [7, 11) is 0. The quantitative estimate of drug-likeness (QED) is 0.821. The van der Waals surface area contributed by atoms with Gasteiger partial charge in [-0.2, -0.15) is 8.78 Å². The summed E-state index contributed by atoms with van der Waals surface area (Å²) >= 11 is 0. The van der Waals surface area contributed by atoms with Crippen molar-refractivity contribution >= 4 is 0 Å². The second-order valence-corrected chi connectivity index (χ2v) is 3.31. The van der Waals surface area contributed by atoms with Crippen molar-refractivity contribution in [2.75, 3.05) is 6.61 Å². The standard InChI is InChI=1S/C10H10F5NO/c11-8-3-7(2-1-6(8)4-16)17-5-10(14,15)9(12)13/h1-3,9H,4-5,16H2. The van der Waals surface area contributed by atoms with Crippen LogP contribution in [0.1, 0.15) is 5.56 Å². The van der Waals surface area contributed by atoms with Crippen molar-refractivity contribution in [1.29, 1.82) is 0 Å². The molecule has 2 N–H and O–H groups in total. The van der Waals surface area contributed by atoms with Crippen LogP contribution in [0.5, 0.6) is 5.75 Å². The lowest BCUT2D eigenvalue weighted by atomic mass is 10.2. The number of ether oxygens (including phenoxy) is 1. The Hall–Kier alpha value is -1.37. The van der Waals surface area contributed by atoms with Gasteiger partial charge < -0.3 is 10.5 Å². The van der Waals surface area contributed by atoms with E-state index in [4.69, 9.17) is 5.73 Å². The zero-order chi connectivity index (χ0) is 13.1. The topological polar surface area (TPSA) is 35.2 Å². The van der Waals surface area contributed by atoms with Gasteiger partial charge in [0.25, 0.3) is 0 Å². The molecule has 2 nitrogen and oxygen atoms in total. The van der Waals surface area contributed by atoms with Crippen LogP contribution in [0, 0.1) is 5.82 Å². The number of benzene rings is 1. The summed E-state index contributed by atoms with van der Waals surface area (Å²) in [4.78, 5) is 0. The van der Waals surface area contributed by atoms with E-state index >= 15 is 0 Å². The lowest BCUT2D eigenvalue weighted by Crippen LogP contribution is -2.33. The summed E-state index contributed by atoms with van der Waals surface area (Å²) in [6, 6.07) is 3.25. The Balaban J connectivity index is 2.67. The first kappa shape index (κ1) is 13.7. The van der Waals surface area contributed by atoms with Crippen molar-refractivity contribution in [3.8, 4) is 5.75 Å². The minimum Gasteiger partial charge on any atom is -0.487 e. The fourth-order valence-corrected chi connectivity index (χ4v) is 1.03. The maximum Gasteiger partial charge on any atom is 0.340 e. The number of alkyl halides is 4. The highest BCUT2D eigenvalue weighted by Crippen LogP contribution is 2.25. The zero-order valence-electron chi connectivity index (χ0n) is 8.60. The SMILES string of the molecule is NCc1ccc(OCC(F)(F)C(F)F)cc1F. The molecule has 0 spiro atoms. The third kappa shape index (κ3) is 3.55. The number of hydrogen-bond acceptors (Lipinski definition) is 2. The van der Waals surface area contributed by atoms with E-state index in [9.17, 15) is 22.0 Å². The van der Waals surface area contributed by atoms with E-state index < -0.39 is 24.8 Å². The third-order valence-electron chi connectivity index (χ3n) is 1.99. The molecule has 0 fully saturated rings. The summed E-state index contributed by atoms with van der Waals surface area (Å²) in [6.45, 7) is -1.56. The first-order valence-corrected chi connectivity index (χ1v) is 4.64. The molecule has 0 saturated carbocycles. The Morgan fingerprint density at radius 3 is 2.41 bits per heavy atom. The molecule has 1 rings (SSSR count). The van der Waals surface area contributed by atoms with Crippen LogP contribution in [-0.2, 0) is 6.54 Å². The van der Waals surface area contributed by atoms with E-state index in [2.05, 4.69) is 4.74 Å². The predicted octanol–water partition coefficient (Wildman–Crippen LogP) is 2.56. The highest BCUT2D eigenvalue weighted by atomic mass is 19.3. The van der Waals surface area contributed by atoms with Gasteiger partial charge in [0.15, 0.2) is 6.61 Å². The molecule has 0 radical (unpaired) electrons. The highest BCUT2D eigenvalue weighted by Gasteiger charge is 2.41. The van der Waals surface area contributed by atoms with E-state index in [0.29, 0.717) is 0 Å². The molecular weight excluding hydrogens is 245 g/mol. The Morgan fingerprint density at radius 2 is 1.94 bits per heavy atom. The van der Waals surface area contributed by atoms with Gasteiger partial charge in [-0.15, -0.1) is 0 Å². The van der Waals surface area contributed by atoms with E-state index in [1.807, 2.05) is 0 Å². The van der Waals surface area contributed by atoms with Gasteiger partial charge in [0.2, 0.25) is 0 Å². The summed E-state index contributed by atoms with van der Waals surface area (Å²) < 4.78 is 66.1. The maximum atomic E-state index is 13.1. The molecule has 0 atom stereocenters. The normalized spacial score (nSPS) is 11.9. The summed E-state index contributed by atoms with van der Waals surface area (Å²) in [5, 5.41) is 0. The minimum atomic E-state index is -4.26. The fraction of sp³-hybridized carbons (Fsp3) is 0.400. The van der Waals surface area contributed by atoms with Crippen molar-refractivity contribution in [1.82, 2.24) is 0 Å². The third-order valence-corrected chi connectivity index (χ3v) is 1.99. The molecule has 0 aliphatic carbocycles. The van der Waals surface area contributed by atoms with Crippen molar-refractivity contribution in [3.05, 3.63) is 29.6 Å². The van der Waals surface area contributed by atoms with Crippen LogP contribution in [0.15, 0.2) is 18.2 Å². The van der Waals surface area contributed by atoms with Gasteiger partial charge >= 0.3 is 12.3 Å². The molecule has 0 saturated heterocycles. The number of nitrogens with two attached hydrogens (primary N) is 1. The molecule has 17 heavy (non-hydrogen) atoms. The van der Waals surface area contributed by atoms with Crippen molar-refractivity contribution in [2.45, 2.75) is 18.9 Å². The lowest BCUT2D eigenvalue weighted by Gasteiger charge is -2.16. The second-order valence-electron chi connectivity index (χ2n) is 3.31. The van der Waals surface area contributed by atoms with Gasteiger partial charge in [0, 0.05) is 18.2 Å². The summed E-state index contributed by atoms with van der Waals surface area (Å²) in [5.41, 5.74) is 5.36. The maximum absolute atomic E-state index is 13.1. The van der Waals surface area contributed by atoms with Gasteiger partial charge in [-0.3, -0.25) is 0 Å². The average molecular weight is 255 g/mol. The van der Waals surface area contributed by atoms with E-state index in [1.54, 1.807) is 0 Å². The molecule has 96 valence electrons. The molecule has 0 heterocycles. The van der Waals surface area contributed by atoms with Crippen LogP contribution >= 0.6 is 0 Å². The number of hydrogen-bond donors (Lipinski definition) is 1. The van der Waals surface area contributed by atoms with Crippen molar-refractivity contribution in [3.63, 3.8) is 0 Å². The molecule has 0 aromatic heterocycles. The number of halogens is 5. The first-order valence-electron chi connectivity index (χ1n) is 4.64. The Kier molecular flexibility index (Phi) is 4.28. The molecule has 1 aromatic rings. The molecule has 0 unspecified atom stereocenters. The average Bonchev–Trinajstić information content (AvgIpc) is 2.26. The van der Waals surface area contributed by atoms with Crippen LogP contribution in [0.4, 0.5) is 22.0 Å². The van der Waals surface area contributed by atoms with E-state index in [1.165, 1.54) is 12.1 Å².